The summed E-state index contributed by atoms with van der Waals surface area (Å²) in [7, 11) is 0. The molecule has 0 atom stereocenters. The number of ether oxygens (including phenoxy) is 1. The predicted molar refractivity (Wildman–Crippen MR) is 39.3 cm³/mol. The predicted octanol–water partition coefficient (Wildman–Crippen LogP) is 1.55. The number of rotatable bonds is 5. The number of hydrogen-bond donors (Lipinski definition) is 1. The van der Waals surface area contributed by atoms with Crippen molar-refractivity contribution < 1.29 is 4.74 Å². The van der Waals surface area contributed by atoms with Crippen LogP contribution < -0.4 is 0 Å². The molecule has 0 aromatic carbocycles. The Morgan fingerprint density at radius 1 is 1.38 bits per heavy atom. The fourth-order valence-corrected chi connectivity index (χ4v) is 0.500. The van der Waals surface area contributed by atoms with E-state index in [1.54, 1.807) is 0 Å². The molecule has 0 aliphatic rings. The Kier molecular flexibility index (Phi) is 7.59. The molecule has 0 aromatic rings. The summed E-state index contributed by atoms with van der Waals surface area (Å²) in [4.78, 5) is 0. The van der Waals surface area contributed by atoms with Crippen LogP contribution in [0.1, 0.15) is 12.8 Å². The second-order valence-corrected chi connectivity index (χ2v) is 1.99. The minimum absolute atomic E-state index is 0.785. The van der Waals surface area contributed by atoms with E-state index in [1.807, 2.05) is 0 Å². The Labute approximate surface area is 56.8 Å². The first kappa shape index (κ1) is 8.31. The molecule has 1 nitrogen and oxygen atoms in total. The molecule has 2 heteroatoms. The van der Waals surface area contributed by atoms with Gasteiger partial charge in [0.25, 0.3) is 0 Å². The van der Waals surface area contributed by atoms with Gasteiger partial charge in [0.05, 0.1) is 0 Å². The first-order valence-electron chi connectivity index (χ1n) is 2.89. The van der Waals surface area contributed by atoms with Crippen molar-refractivity contribution in [3.05, 3.63) is 6.92 Å². The summed E-state index contributed by atoms with van der Waals surface area (Å²) in [5, 5.41) is 0. The van der Waals surface area contributed by atoms with Crippen molar-refractivity contribution in [1.29, 1.82) is 0 Å². The first-order chi connectivity index (χ1) is 3.91. The molecule has 0 unspecified atom stereocenters. The van der Waals surface area contributed by atoms with Crippen molar-refractivity contribution in [3.8, 4) is 0 Å². The molecular weight excluding hydrogens is 120 g/mol. The molecule has 0 aliphatic carbocycles. The standard InChI is InChI=1S/C6H13OS/c1-2-4-7-5-3-6-8/h8H,1-6H2. The van der Waals surface area contributed by atoms with E-state index in [2.05, 4.69) is 19.6 Å². The number of thiol groups is 1. The third-order valence-corrected chi connectivity index (χ3v) is 1.05. The summed E-state index contributed by atoms with van der Waals surface area (Å²) >= 11 is 4.03. The van der Waals surface area contributed by atoms with Gasteiger partial charge in [0, 0.05) is 13.2 Å². The maximum atomic E-state index is 5.11. The zero-order valence-corrected chi connectivity index (χ0v) is 5.99. The van der Waals surface area contributed by atoms with Crippen LogP contribution in [0.3, 0.4) is 0 Å². The Balaban J connectivity index is 2.53. The van der Waals surface area contributed by atoms with Crippen molar-refractivity contribution in [2.24, 2.45) is 0 Å². The van der Waals surface area contributed by atoms with Crippen LogP contribution in [0.2, 0.25) is 0 Å². The van der Waals surface area contributed by atoms with Gasteiger partial charge in [0.15, 0.2) is 0 Å². The lowest BCUT2D eigenvalue weighted by Crippen LogP contribution is -1.95. The van der Waals surface area contributed by atoms with Crippen molar-refractivity contribution in [3.63, 3.8) is 0 Å². The molecule has 0 fully saturated rings. The third-order valence-electron chi connectivity index (χ3n) is 0.735. The van der Waals surface area contributed by atoms with Gasteiger partial charge in [-0.3, -0.25) is 0 Å². The molecule has 0 aromatic heterocycles. The molecule has 0 aliphatic heterocycles. The van der Waals surface area contributed by atoms with E-state index in [0.717, 1.165) is 31.8 Å². The van der Waals surface area contributed by atoms with E-state index in [-0.39, 0.29) is 0 Å². The Bertz CT molecular complexity index is 33.5. The van der Waals surface area contributed by atoms with Gasteiger partial charge in [-0.05, 0) is 18.6 Å². The summed E-state index contributed by atoms with van der Waals surface area (Å²) in [6.45, 7) is 5.26. The quantitative estimate of drug-likeness (QED) is 0.442. The highest BCUT2D eigenvalue weighted by Crippen LogP contribution is 1.86. The second kappa shape index (κ2) is 7.31. The van der Waals surface area contributed by atoms with Crippen LogP contribution in [0.25, 0.3) is 0 Å². The summed E-state index contributed by atoms with van der Waals surface area (Å²) in [6, 6.07) is 0. The molecule has 0 amide bonds. The van der Waals surface area contributed by atoms with Crippen molar-refractivity contribution in [2.45, 2.75) is 12.8 Å². The van der Waals surface area contributed by atoms with Crippen LogP contribution in [0.5, 0.6) is 0 Å². The Morgan fingerprint density at radius 3 is 2.62 bits per heavy atom. The molecule has 8 heavy (non-hydrogen) atoms. The molecule has 0 N–H and O–H groups in total. The summed E-state index contributed by atoms with van der Waals surface area (Å²) < 4.78 is 5.11. The van der Waals surface area contributed by atoms with Gasteiger partial charge in [0.1, 0.15) is 0 Å². The lowest BCUT2D eigenvalue weighted by atomic mass is 10.5. The minimum atomic E-state index is 0.785. The molecule has 0 spiro atoms. The van der Waals surface area contributed by atoms with Gasteiger partial charge < -0.3 is 4.74 Å². The maximum absolute atomic E-state index is 5.11. The normalized spacial score (nSPS) is 9.75. The SMILES string of the molecule is [CH2]CCOCCCS. The molecule has 0 bridgehead atoms. The van der Waals surface area contributed by atoms with Crippen LogP contribution in [0.15, 0.2) is 0 Å². The average Bonchev–Trinajstić information content (AvgIpc) is 1.81. The van der Waals surface area contributed by atoms with Gasteiger partial charge >= 0.3 is 0 Å². The largest absolute Gasteiger partial charge is 0.381 e. The van der Waals surface area contributed by atoms with Crippen LogP contribution in [0, 0.1) is 6.92 Å². The topological polar surface area (TPSA) is 9.23 Å². The molecule has 1 radical (unpaired) electrons. The monoisotopic (exact) mass is 133 g/mol. The van der Waals surface area contributed by atoms with Gasteiger partial charge in [-0.1, -0.05) is 6.92 Å². The van der Waals surface area contributed by atoms with Gasteiger partial charge in [-0.15, -0.1) is 0 Å². The first-order valence-corrected chi connectivity index (χ1v) is 3.53. The minimum Gasteiger partial charge on any atom is -0.381 e. The van der Waals surface area contributed by atoms with E-state index in [9.17, 15) is 0 Å². The smallest absolute Gasteiger partial charge is 0.0473 e. The van der Waals surface area contributed by atoms with Crippen LogP contribution >= 0.6 is 12.6 Å². The molecule has 0 saturated carbocycles. The highest BCUT2D eigenvalue weighted by Gasteiger charge is 1.82. The van der Waals surface area contributed by atoms with E-state index in [1.165, 1.54) is 0 Å². The zero-order valence-electron chi connectivity index (χ0n) is 5.10. The van der Waals surface area contributed by atoms with Crippen molar-refractivity contribution in [2.75, 3.05) is 19.0 Å². The molecular formula is C6H13OS. The van der Waals surface area contributed by atoms with E-state index >= 15 is 0 Å². The fraction of sp³-hybridized carbons (Fsp3) is 0.833. The summed E-state index contributed by atoms with van der Waals surface area (Å²) in [6.07, 6.45) is 1.91. The maximum Gasteiger partial charge on any atom is 0.0473 e. The zero-order chi connectivity index (χ0) is 6.24. The Morgan fingerprint density at radius 2 is 2.12 bits per heavy atom. The molecule has 0 heterocycles. The van der Waals surface area contributed by atoms with Crippen molar-refractivity contribution >= 4 is 12.6 Å². The van der Waals surface area contributed by atoms with Crippen molar-refractivity contribution in [1.82, 2.24) is 0 Å². The second-order valence-electron chi connectivity index (χ2n) is 1.54. The highest BCUT2D eigenvalue weighted by molar-refractivity contribution is 7.80. The Hall–Kier alpha value is 0.310. The van der Waals surface area contributed by atoms with Gasteiger partial charge in [-0.2, -0.15) is 12.6 Å². The van der Waals surface area contributed by atoms with Crippen LogP contribution in [-0.2, 0) is 4.74 Å². The highest BCUT2D eigenvalue weighted by atomic mass is 32.1. The van der Waals surface area contributed by atoms with E-state index in [0.29, 0.717) is 0 Å². The van der Waals surface area contributed by atoms with Gasteiger partial charge in [-0.25, -0.2) is 0 Å². The third kappa shape index (κ3) is 6.31. The van der Waals surface area contributed by atoms with Gasteiger partial charge in [0.2, 0.25) is 0 Å². The molecule has 0 saturated heterocycles. The van der Waals surface area contributed by atoms with E-state index < -0.39 is 0 Å². The summed E-state index contributed by atoms with van der Waals surface area (Å²) in [5.41, 5.74) is 0. The average molecular weight is 133 g/mol. The fourth-order valence-electron chi connectivity index (χ4n) is 0.371. The van der Waals surface area contributed by atoms with E-state index in [4.69, 9.17) is 4.74 Å². The van der Waals surface area contributed by atoms with Crippen LogP contribution in [0.4, 0.5) is 0 Å². The molecule has 0 rings (SSSR count). The lowest BCUT2D eigenvalue weighted by Gasteiger charge is -1.97. The summed E-state index contributed by atoms with van der Waals surface area (Å²) in [5.74, 6) is 0.914. The molecule has 49 valence electrons. The number of hydrogen-bond acceptors (Lipinski definition) is 2. The lowest BCUT2D eigenvalue weighted by molar-refractivity contribution is 0.140. The van der Waals surface area contributed by atoms with Crippen LogP contribution in [-0.4, -0.2) is 19.0 Å².